The Labute approximate surface area is 163 Å². The molecule has 0 bridgehead atoms. The van der Waals surface area contributed by atoms with E-state index < -0.39 is 43.7 Å². The molecule has 1 aliphatic heterocycles. The van der Waals surface area contributed by atoms with Gasteiger partial charge in [0.2, 0.25) is 3.79 Å². The van der Waals surface area contributed by atoms with Crippen LogP contribution in [-0.2, 0) is 23.8 Å². The Balaban J connectivity index is 3.03. The minimum atomic E-state index is -4.14. The molecule has 1 fully saturated rings. The number of hydrogen-bond donors (Lipinski definition) is 0. The summed E-state index contributed by atoms with van der Waals surface area (Å²) in [4.78, 5) is 13.7. The van der Waals surface area contributed by atoms with E-state index in [9.17, 15) is 13.2 Å². The number of likely N-dealkylation sites (tertiary alicyclic amines) is 1. The van der Waals surface area contributed by atoms with Crippen molar-refractivity contribution in [2.45, 2.75) is 60.9 Å². The Morgan fingerprint density at radius 3 is 2.28 bits per heavy atom. The number of nitrogens with zero attached hydrogens (tertiary/aromatic N) is 1. The molecule has 0 aromatic rings. The van der Waals surface area contributed by atoms with Crippen LogP contribution in [0.25, 0.3) is 0 Å². The number of rotatable bonds is 4. The summed E-state index contributed by atoms with van der Waals surface area (Å²) in [5.41, 5.74) is -0.720. The lowest BCUT2D eigenvalue weighted by Gasteiger charge is -2.34. The first kappa shape index (κ1) is 23.0. The Morgan fingerprint density at radius 2 is 1.80 bits per heavy atom. The van der Waals surface area contributed by atoms with Crippen molar-refractivity contribution >= 4 is 51.0 Å². The van der Waals surface area contributed by atoms with Gasteiger partial charge in [0.05, 0.1) is 0 Å². The van der Waals surface area contributed by atoms with E-state index in [1.807, 2.05) is 0 Å². The number of hydrogen-bond acceptors (Lipinski definition) is 6. The number of ether oxygens (including phenoxy) is 2. The maximum absolute atomic E-state index is 12.6. The maximum atomic E-state index is 12.6. The van der Waals surface area contributed by atoms with Gasteiger partial charge >= 0.3 is 6.09 Å². The predicted molar refractivity (Wildman–Crippen MR) is 96.5 cm³/mol. The molecular formula is C14H24Cl3NO6S. The van der Waals surface area contributed by atoms with Crippen molar-refractivity contribution in [2.75, 3.05) is 20.3 Å². The molecule has 0 N–H and O–H groups in total. The lowest BCUT2D eigenvalue weighted by atomic mass is 10.2. The fourth-order valence-electron chi connectivity index (χ4n) is 2.42. The molecule has 148 valence electrons. The highest BCUT2D eigenvalue weighted by atomic mass is 35.6. The van der Waals surface area contributed by atoms with Crippen LogP contribution in [0.15, 0.2) is 0 Å². The van der Waals surface area contributed by atoms with E-state index in [1.165, 1.54) is 12.0 Å². The zero-order chi connectivity index (χ0) is 19.5. The molecule has 0 unspecified atom stereocenters. The van der Waals surface area contributed by atoms with E-state index in [2.05, 4.69) is 0 Å². The van der Waals surface area contributed by atoms with Crippen molar-refractivity contribution in [2.24, 2.45) is 0 Å². The number of carbonyl (C=O) groups excluding carboxylic acids is 1. The van der Waals surface area contributed by atoms with E-state index in [4.69, 9.17) is 48.5 Å². The predicted octanol–water partition coefficient (Wildman–Crippen LogP) is 3.47. The molecule has 0 aliphatic carbocycles. The fourth-order valence-corrected chi connectivity index (χ4v) is 4.29. The maximum Gasteiger partial charge on any atom is 0.412 e. The number of carbonyl (C=O) groups is 1. The van der Waals surface area contributed by atoms with Crippen LogP contribution < -0.4 is 0 Å². The lowest BCUT2D eigenvalue weighted by molar-refractivity contribution is -0.0480. The minimum absolute atomic E-state index is 0.250. The average molecular weight is 441 g/mol. The van der Waals surface area contributed by atoms with E-state index in [0.29, 0.717) is 19.4 Å². The van der Waals surface area contributed by atoms with Gasteiger partial charge < -0.3 is 9.47 Å². The molecule has 2 atom stereocenters. The molecule has 0 aromatic carbocycles. The van der Waals surface area contributed by atoms with Gasteiger partial charge in [-0.25, -0.2) is 4.79 Å². The topological polar surface area (TPSA) is 82.1 Å². The molecule has 0 radical (unpaired) electrons. The minimum Gasteiger partial charge on any atom is -0.444 e. The van der Waals surface area contributed by atoms with Crippen molar-refractivity contribution < 1.29 is 26.9 Å². The van der Waals surface area contributed by atoms with Gasteiger partial charge in [0.25, 0.3) is 10.1 Å². The van der Waals surface area contributed by atoms with Crippen molar-refractivity contribution in [3.8, 4) is 0 Å². The zero-order valence-electron chi connectivity index (χ0n) is 14.6. The smallest absolute Gasteiger partial charge is 0.412 e. The standard InChI is InChI=1S/C14H24Cl3NO6S/c1-13(2,3)24-12(19)18-8-6-5-7-10(11(18)22-4)25(20,21)23-9-14(15,16)17/h10-11H,5-9H2,1-4H3/t10-,11+/m1/s1. The Bertz CT molecular complexity index is 558. The van der Waals surface area contributed by atoms with Crippen molar-refractivity contribution in [1.82, 2.24) is 4.90 Å². The highest BCUT2D eigenvalue weighted by Gasteiger charge is 2.43. The summed E-state index contributed by atoms with van der Waals surface area (Å²) in [6.45, 7) is 4.86. The summed E-state index contributed by atoms with van der Waals surface area (Å²) in [7, 11) is -2.81. The normalized spacial score (nSPS) is 23.2. The molecule has 1 heterocycles. The van der Waals surface area contributed by atoms with Crippen LogP contribution in [0, 0.1) is 0 Å². The molecule has 7 nitrogen and oxygen atoms in total. The zero-order valence-corrected chi connectivity index (χ0v) is 17.7. The van der Waals surface area contributed by atoms with Crippen LogP contribution in [-0.4, -0.2) is 60.5 Å². The molecule has 25 heavy (non-hydrogen) atoms. The Hall–Kier alpha value is 0.0100. The van der Waals surface area contributed by atoms with E-state index >= 15 is 0 Å². The van der Waals surface area contributed by atoms with Crippen LogP contribution >= 0.6 is 34.8 Å². The second-order valence-electron chi connectivity index (χ2n) is 6.70. The van der Waals surface area contributed by atoms with Gasteiger partial charge in [-0.1, -0.05) is 41.2 Å². The first-order valence-electron chi connectivity index (χ1n) is 7.74. The monoisotopic (exact) mass is 439 g/mol. The summed E-state index contributed by atoms with van der Waals surface area (Å²) in [5.74, 6) is 0. The third-order valence-electron chi connectivity index (χ3n) is 3.39. The van der Waals surface area contributed by atoms with Crippen LogP contribution in [0.1, 0.15) is 40.0 Å². The number of methoxy groups -OCH3 is 1. The summed E-state index contributed by atoms with van der Waals surface area (Å²) < 4.78 is 38.8. The van der Waals surface area contributed by atoms with Crippen LogP contribution in [0.2, 0.25) is 0 Å². The molecular weight excluding hydrogens is 417 g/mol. The van der Waals surface area contributed by atoms with Gasteiger partial charge in [-0.3, -0.25) is 9.08 Å². The van der Waals surface area contributed by atoms with Crippen molar-refractivity contribution in [3.63, 3.8) is 0 Å². The molecule has 0 saturated carbocycles. The highest BCUT2D eigenvalue weighted by molar-refractivity contribution is 7.87. The second-order valence-corrected chi connectivity index (χ2v) is 11.0. The second kappa shape index (κ2) is 8.80. The molecule has 1 aliphatic rings. The molecule has 0 aromatic heterocycles. The number of amides is 1. The largest absolute Gasteiger partial charge is 0.444 e. The summed E-state index contributed by atoms with van der Waals surface area (Å²) in [5, 5.41) is -1.11. The van der Waals surface area contributed by atoms with Gasteiger partial charge in [0.15, 0.2) is 6.23 Å². The fraction of sp³-hybridized carbons (Fsp3) is 0.929. The molecule has 11 heteroatoms. The summed E-state index contributed by atoms with van der Waals surface area (Å²) in [6.07, 6.45) is -0.281. The Kier molecular flexibility index (Phi) is 8.11. The molecule has 1 saturated heterocycles. The van der Waals surface area contributed by atoms with E-state index in [-0.39, 0.29) is 6.42 Å². The summed E-state index contributed by atoms with van der Waals surface area (Å²) in [6, 6.07) is 0. The molecule has 1 amide bonds. The van der Waals surface area contributed by atoms with Gasteiger partial charge in [-0.05, 0) is 33.6 Å². The van der Waals surface area contributed by atoms with Crippen molar-refractivity contribution in [1.29, 1.82) is 0 Å². The van der Waals surface area contributed by atoms with Gasteiger partial charge in [-0.15, -0.1) is 0 Å². The number of alkyl halides is 3. The first-order chi connectivity index (χ1) is 11.3. The highest BCUT2D eigenvalue weighted by Crippen LogP contribution is 2.30. The quantitative estimate of drug-likeness (QED) is 0.492. The lowest BCUT2D eigenvalue weighted by Crippen LogP contribution is -2.51. The average Bonchev–Trinajstić information content (AvgIpc) is 2.65. The third-order valence-corrected chi connectivity index (χ3v) is 5.37. The van der Waals surface area contributed by atoms with Gasteiger partial charge in [-0.2, -0.15) is 8.42 Å². The SMILES string of the molecule is CO[C@H]1[C@H](S(=O)(=O)OCC(Cl)(Cl)Cl)CCCCN1C(=O)OC(C)(C)C. The number of halogens is 3. The van der Waals surface area contributed by atoms with Crippen molar-refractivity contribution in [3.05, 3.63) is 0 Å². The third kappa shape index (κ3) is 7.64. The molecule has 0 spiro atoms. The van der Waals surface area contributed by atoms with E-state index in [1.54, 1.807) is 20.8 Å². The van der Waals surface area contributed by atoms with Gasteiger partial charge in [0, 0.05) is 13.7 Å². The summed E-state index contributed by atoms with van der Waals surface area (Å²) >= 11 is 16.7. The Morgan fingerprint density at radius 1 is 1.20 bits per heavy atom. The van der Waals surface area contributed by atoms with E-state index in [0.717, 1.165) is 0 Å². The van der Waals surface area contributed by atoms with Crippen LogP contribution in [0.5, 0.6) is 0 Å². The van der Waals surface area contributed by atoms with Gasteiger partial charge in [0.1, 0.15) is 17.5 Å². The van der Waals surface area contributed by atoms with Crippen LogP contribution in [0.3, 0.4) is 0 Å². The first-order valence-corrected chi connectivity index (χ1v) is 10.3. The van der Waals surface area contributed by atoms with Crippen LogP contribution in [0.4, 0.5) is 4.79 Å². The molecule has 1 rings (SSSR count).